The number of rotatable bonds is 5. The molecule has 0 aliphatic heterocycles. The topological polar surface area (TPSA) is 74.7 Å². The summed E-state index contributed by atoms with van der Waals surface area (Å²) in [6.07, 6.45) is -0.626. The average molecular weight is 270 g/mol. The van der Waals surface area contributed by atoms with Crippen LogP contribution >= 0.6 is 11.6 Å². The van der Waals surface area contributed by atoms with Gasteiger partial charge in [-0.2, -0.15) is 0 Å². The first-order valence-electron chi connectivity index (χ1n) is 5.14. The lowest BCUT2D eigenvalue weighted by Crippen LogP contribution is -2.30. The Hall–Kier alpha value is -1.88. The summed E-state index contributed by atoms with van der Waals surface area (Å²) in [6, 6.07) is 6.89. The molecular weight excluding hydrogens is 258 g/mol. The van der Waals surface area contributed by atoms with Gasteiger partial charge in [-0.3, -0.25) is 9.59 Å². The molecule has 18 heavy (non-hydrogen) atoms. The van der Waals surface area contributed by atoms with E-state index in [1.165, 1.54) is 11.9 Å². The molecule has 0 atom stereocenters. The molecule has 0 aliphatic rings. The number of carboxylic acids is 1. The zero-order valence-electron chi connectivity index (χ0n) is 9.72. The highest BCUT2D eigenvalue weighted by Gasteiger charge is 2.19. The molecule has 1 aromatic carbocycles. The van der Waals surface area contributed by atoms with Gasteiger partial charge >= 0.3 is 5.97 Å². The van der Waals surface area contributed by atoms with Gasteiger partial charge in [0.2, 0.25) is 11.7 Å². The third-order valence-electron chi connectivity index (χ3n) is 2.31. The molecule has 1 aromatic rings. The van der Waals surface area contributed by atoms with Gasteiger partial charge < -0.3 is 10.0 Å². The van der Waals surface area contributed by atoms with Crippen LogP contribution < -0.4 is 0 Å². The average Bonchev–Trinajstić information content (AvgIpc) is 2.31. The molecule has 1 rings (SSSR count). The maximum Gasteiger partial charge on any atom is 0.372 e. The van der Waals surface area contributed by atoms with Crippen LogP contribution in [0.25, 0.3) is 0 Å². The Kier molecular flexibility index (Phi) is 4.85. The summed E-state index contributed by atoms with van der Waals surface area (Å²) in [4.78, 5) is 34.0. The first-order valence-corrected chi connectivity index (χ1v) is 5.52. The third-order valence-corrected chi connectivity index (χ3v) is 2.56. The summed E-state index contributed by atoms with van der Waals surface area (Å²) in [7, 11) is 1.51. The van der Waals surface area contributed by atoms with Crippen molar-refractivity contribution in [2.75, 3.05) is 7.05 Å². The molecule has 0 fully saturated rings. The van der Waals surface area contributed by atoms with Crippen molar-refractivity contribution in [1.29, 1.82) is 0 Å². The van der Waals surface area contributed by atoms with E-state index < -0.39 is 24.1 Å². The molecular formula is C12H12ClNO4. The number of carbonyl (C=O) groups excluding carboxylic acids is 2. The summed E-state index contributed by atoms with van der Waals surface area (Å²) in [5, 5.41) is 8.99. The molecule has 0 unspecified atom stereocenters. The van der Waals surface area contributed by atoms with Gasteiger partial charge in [-0.1, -0.05) is 23.7 Å². The highest BCUT2D eigenvalue weighted by molar-refractivity contribution is 6.36. The van der Waals surface area contributed by atoms with E-state index in [2.05, 4.69) is 0 Å². The highest BCUT2D eigenvalue weighted by Crippen LogP contribution is 2.11. The lowest BCUT2D eigenvalue weighted by molar-refractivity contribution is -0.151. The van der Waals surface area contributed by atoms with Crippen LogP contribution in [-0.4, -0.2) is 34.7 Å². The summed E-state index contributed by atoms with van der Waals surface area (Å²) < 4.78 is 0. The number of Topliss-reactive ketones (excluding diaryl/α,β-unsaturated/α-hetero) is 1. The number of amides is 1. The number of hydrogen-bond donors (Lipinski definition) is 1. The van der Waals surface area contributed by atoms with Crippen LogP contribution in [0.1, 0.15) is 12.0 Å². The summed E-state index contributed by atoms with van der Waals surface area (Å²) in [5.74, 6) is -3.23. The number of ketones is 1. The van der Waals surface area contributed by atoms with Crippen LogP contribution in [-0.2, 0) is 20.9 Å². The zero-order valence-corrected chi connectivity index (χ0v) is 10.5. The lowest BCUT2D eigenvalue weighted by atomic mass is 10.2. The van der Waals surface area contributed by atoms with Crippen LogP contribution in [0.15, 0.2) is 24.3 Å². The number of carbonyl (C=O) groups is 3. The Morgan fingerprint density at radius 2 is 1.78 bits per heavy atom. The molecule has 6 heteroatoms. The molecule has 0 radical (unpaired) electrons. The molecule has 0 aliphatic carbocycles. The van der Waals surface area contributed by atoms with E-state index in [0.717, 1.165) is 5.56 Å². The second-order valence-electron chi connectivity index (χ2n) is 3.78. The van der Waals surface area contributed by atoms with Crippen molar-refractivity contribution < 1.29 is 19.5 Å². The van der Waals surface area contributed by atoms with Crippen molar-refractivity contribution in [3.8, 4) is 0 Å². The number of halogens is 1. The summed E-state index contributed by atoms with van der Waals surface area (Å²) >= 11 is 5.72. The Bertz CT molecular complexity index is 469. The maximum atomic E-state index is 11.5. The molecule has 5 nitrogen and oxygen atoms in total. The van der Waals surface area contributed by atoms with Crippen LogP contribution in [0.3, 0.4) is 0 Å². The van der Waals surface area contributed by atoms with Gasteiger partial charge in [0.1, 0.15) is 0 Å². The van der Waals surface area contributed by atoms with Crippen molar-refractivity contribution in [3.05, 3.63) is 34.9 Å². The first kappa shape index (κ1) is 14.2. The van der Waals surface area contributed by atoms with Gasteiger partial charge in [-0.25, -0.2) is 4.79 Å². The van der Waals surface area contributed by atoms with Crippen LogP contribution in [0, 0.1) is 0 Å². The zero-order chi connectivity index (χ0) is 13.7. The molecule has 1 amide bonds. The monoisotopic (exact) mass is 269 g/mol. The predicted octanol–water partition coefficient (Wildman–Crippen LogP) is 1.34. The minimum Gasteiger partial charge on any atom is -0.475 e. The van der Waals surface area contributed by atoms with Crippen LogP contribution in [0.4, 0.5) is 0 Å². The lowest BCUT2D eigenvalue weighted by Gasteiger charge is -2.16. The van der Waals surface area contributed by atoms with E-state index in [0.29, 0.717) is 11.6 Å². The predicted molar refractivity (Wildman–Crippen MR) is 65.2 cm³/mol. The van der Waals surface area contributed by atoms with E-state index in [9.17, 15) is 14.4 Å². The van der Waals surface area contributed by atoms with Gasteiger partial charge in [-0.15, -0.1) is 0 Å². The number of aliphatic carboxylic acids is 1. The standard InChI is InChI=1S/C12H12ClNO4/c1-14(11(16)6-10(15)12(17)18)7-8-2-4-9(13)5-3-8/h2-5H,6-7H2,1H3,(H,17,18). The third kappa shape index (κ3) is 4.18. The molecule has 0 heterocycles. The summed E-state index contributed by atoms with van der Waals surface area (Å²) in [5.41, 5.74) is 0.845. The van der Waals surface area contributed by atoms with E-state index in [-0.39, 0.29) is 0 Å². The first-order chi connectivity index (χ1) is 8.40. The van der Waals surface area contributed by atoms with Crippen LogP contribution in [0.5, 0.6) is 0 Å². The Labute approximate surface area is 109 Å². The fraction of sp³-hybridized carbons (Fsp3) is 0.250. The van der Waals surface area contributed by atoms with E-state index in [1.54, 1.807) is 24.3 Å². The van der Waals surface area contributed by atoms with Crippen molar-refractivity contribution in [3.63, 3.8) is 0 Å². The minimum absolute atomic E-state index is 0.295. The van der Waals surface area contributed by atoms with Crippen LogP contribution in [0.2, 0.25) is 5.02 Å². The normalized spacial score (nSPS) is 9.89. The number of hydrogen-bond acceptors (Lipinski definition) is 3. The van der Waals surface area contributed by atoms with E-state index in [1.807, 2.05) is 0 Å². The largest absolute Gasteiger partial charge is 0.475 e. The smallest absolute Gasteiger partial charge is 0.372 e. The van der Waals surface area contributed by atoms with Gasteiger partial charge in [0, 0.05) is 18.6 Å². The van der Waals surface area contributed by atoms with Crippen molar-refractivity contribution in [2.45, 2.75) is 13.0 Å². The Morgan fingerprint density at radius 3 is 2.28 bits per heavy atom. The van der Waals surface area contributed by atoms with Gasteiger partial charge in [0.25, 0.3) is 0 Å². The van der Waals surface area contributed by atoms with E-state index in [4.69, 9.17) is 16.7 Å². The number of carboxylic acid groups (broad SMARTS) is 1. The molecule has 0 spiro atoms. The van der Waals surface area contributed by atoms with Crippen molar-refractivity contribution in [1.82, 2.24) is 4.90 Å². The molecule has 1 N–H and O–H groups in total. The molecule has 0 saturated carbocycles. The van der Waals surface area contributed by atoms with Gasteiger partial charge in [-0.05, 0) is 17.7 Å². The molecule has 0 bridgehead atoms. The fourth-order valence-corrected chi connectivity index (χ4v) is 1.43. The van der Waals surface area contributed by atoms with E-state index >= 15 is 0 Å². The molecule has 0 aromatic heterocycles. The quantitative estimate of drug-likeness (QED) is 0.647. The van der Waals surface area contributed by atoms with Crippen molar-refractivity contribution in [2.24, 2.45) is 0 Å². The number of benzene rings is 1. The minimum atomic E-state index is -1.59. The van der Waals surface area contributed by atoms with Crippen molar-refractivity contribution >= 4 is 29.3 Å². The van der Waals surface area contributed by atoms with Gasteiger partial charge in [0.05, 0.1) is 6.42 Å². The summed E-state index contributed by atoms with van der Waals surface area (Å²) in [6.45, 7) is 0.295. The second kappa shape index (κ2) is 6.16. The number of nitrogens with zero attached hydrogens (tertiary/aromatic N) is 1. The SMILES string of the molecule is CN(Cc1ccc(Cl)cc1)C(=O)CC(=O)C(=O)O. The molecule has 0 saturated heterocycles. The fourth-order valence-electron chi connectivity index (χ4n) is 1.30. The Morgan fingerprint density at radius 1 is 1.22 bits per heavy atom. The maximum absolute atomic E-state index is 11.5. The molecule has 96 valence electrons. The highest BCUT2D eigenvalue weighted by atomic mass is 35.5. The second-order valence-corrected chi connectivity index (χ2v) is 4.22. The van der Waals surface area contributed by atoms with Gasteiger partial charge in [0.15, 0.2) is 0 Å². The Balaban J connectivity index is 2.57.